The molecule has 13 nitrogen and oxygen atoms in total. The predicted molar refractivity (Wildman–Crippen MR) is 214 cm³/mol. The molecule has 0 heterocycles. The maximum absolute atomic E-state index is 14.3. The molecule has 0 aliphatic heterocycles. The van der Waals surface area contributed by atoms with E-state index in [0.29, 0.717) is 29.4 Å². The molecular weight excluding hydrogens is 714 g/mol. The highest BCUT2D eigenvalue weighted by atomic mass is 16.5. The third-order valence-corrected chi connectivity index (χ3v) is 9.90. The first-order valence-corrected chi connectivity index (χ1v) is 18.6. The molecule has 13 heteroatoms. The molecule has 0 aromatic heterocycles. The van der Waals surface area contributed by atoms with Crippen molar-refractivity contribution in [3.8, 4) is 17.2 Å². The van der Waals surface area contributed by atoms with Gasteiger partial charge in [-0.25, -0.2) is 4.79 Å². The minimum Gasteiger partial charge on any atom is -0.497 e. The first kappa shape index (κ1) is 41.5. The Kier molecular flexibility index (Phi) is 13.9. The Morgan fingerprint density at radius 2 is 1.48 bits per heavy atom. The van der Waals surface area contributed by atoms with Crippen molar-refractivity contribution in [1.29, 1.82) is 0 Å². The van der Waals surface area contributed by atoms with Gasteiger partial charge in [0.2, 0.25) is 11.8 Å². The summed E-state index contributed by atoms with van der Waals surface area (Å²) in [5.74, 6) is 0.267. The van der Waals surface area contributed by atoms with Crippen LogP contribution >= 0.6 is 0 Å². The third-order valence-electron chi connectivity index (χ3n) is 9.90. The van der Waals surface area contributed by atoms with E-state index in [-0.39, 0.29) is 13.0 Å². The summed E-state index contributed by atoms with van der Waals surface area (Å²) in [5, 5.41) is 38.0. The number of carbonyl (C=O) groups is 3. The number of fused-ring (bicyclic) bond motifs is 1. The van der Waals surface area contributed by atoms with Crippen LogP contribution in [0.4, 0.5) is 10.5 Å². The Hall–Kier alpha value is -5.63. The van der Waals surface area contributed by atoms with Gasteiger partial charge in [0.25, 0.3) is 0 Å². The molecule has 7 N–H and O–H groups in total. The van der Waals surface area contributed by atoms with E-state index in [1.807, 2.05) is 87.5 Å². The number of ether oxygens (including phenoxy) is 3. The van der Waals surface area contributed by atoms with Crippen LogP contribution in [0.5, 0.6) is 17.2 Å². The summed E-state index contributed by atoms with van der Waals surface area (Å²) in [7, 11) is 4.52. The highest BCUT2D eigenvalue weighted by molar-refractivity contribution is 5.95. The topological polar surface area (TPSA) is 180 Å². The molecule has 0 radical (unpaired) electrons. The summed E-state index contributed by atoms with van der Waals surface area (Å²) in [4.78, 5) is 42.1. The van der Waals surface area contributed by atoms with Crippen molar-refractivity contribution in [2.24, 2.45) is 5.41 Å². The van der Waals surface area contributed by atoms with Gasteiger partial charge in [-0.2, -0.15) is 0 Å². The van der Waals surface area contributed by atoms with E-state index in [1.165, 1.54) is 14.2 Å². The third kappa shape index (κ3) is 10.4. The van der Waals surface area contributed by atoms with E-state index in [0.717, 1.165) is 22.3 Å². The average Bonchev–Trinajstić information content (AvgIpc) is 3.50. The molecule has 1 aliphatic carbocycles. The molecule has 0 saturated carbocycles. The fraction of sp³-hybridized carbons (Fsp3) is 0.372. The van der Waals surface area contributed by atoms with Gasteiger partial charge < -0.3 is 45.7 Å². The summed E-state index contributed by atoms with van der Waals surface area (Å²) in [6, 6.07) is 24.4. The summed E-state index contributed by atoms with van der Waals surface area (Å²) >= 11 is 0. The molecular formula is C43H53N5O8. The number of rotatable bonds is 16. The van der Waals surface area contributed by atoms with Gasteiger partial charge in [0.05, 0.1) is 51.3 Å². The molecule has 0 fully saturated rings. The summed E-state index contributed by atoms with van der Waals surface area (Å²) < 4.78 is 16.1. The molecule has 1 aliphatic rings. The van der Waals surface area contributed by atoms with Gasteiger partial charge in [0.1, 0.15) is 17.8 Å². The molecule has 2 unspecified atom stereocenters. The van der Waals surface area contributed by atoms with Crippen LogP contribution < -0.4 is 40.8 Å². The highest BCUT2D eigenvalue weighted by Gasteiger charge is 2.40. The fourth-order valence-electron chi connectivity index (χ4n) is 6.90. The van der Waals surface area contributed by atoms with Crippen molar-refractivity contribution in [1.82, 2.24) is 21.3 Å². The van der Waals surface area contributed by atoms with Crippen molar-refractivity contribution in [2.75, 3.05) is 26.6 Å². The summed E-state index contributed by atoms with van der Waals surface area (Å²) in [6.07, 6.45) is -1.82. The normalized spacial score (nSPS) is 17.0. The Balaban J connectivity index is 1.43. The van der Waals surface area contributed by atoms with E-state index in [4.69, 9.17) is 14.2 Å². The van der Waals surface area contributed by atoms with Crippen molar-refractivity contribution in [3.63, 3.8) is 0 Å². The Morgan fingerprint density at radius 1 is 0.786 bits per heavy atom. The molecule has 4 aromatic rings. The number of para-hydroxylation sites is 1. The second-order valence-electron chi connectivity index (χ2n) is 14.9. The van der Waals surface area contributed by atoms with Gasteiger partial charge in [0, 0.05) is 13.0 Å². The van der Waals surface area contributed by atoms with Crippen molar-refractivity contribution >= 4 is 23.5 Å². The summed E-state index contributed by atoms with van der Waals surface area (Å²) in [6.45, 7) is 5.62. The minimum absolute atomic E-state index is 0.153. The largest absolute Gasteiger partial charge is 0.497 e. The van der Waals surface area contributed by atoms with Crippen LogP contribution in [0.15, 0.2) is 97.1 Å². The lowest BCUT2D eigenvalue weighted by Crippen LogP contribution is -2.62. The quantitative estimate of drug-likeness (QED) is 0.0877. The van der Waals surface area contributed by atoms with Crippen molar-refractivity contribution in [3.05, 3.63) is 119 Å². The van der Waals surface area contributed by atoms with Gasteiger partial charge >= 0.3 is 6.03 Å². The molecule has 0 bridgehead atoms. The van der Waals surface area contributed by atoms with E-state index < -0.39 is 59.6 Å². The van der Waals surface area contributed by atoms with Gasteiger partial charge in [-0.05, 0) is 58.4 Å². The standard InChI is InChI=1S/C43H53N5O8/c1-43(2,3)39(48-42(53)46-31-17-12-18-34(55-5)38(31)56-6)41(52)45-32(23-26-13-8-7-9-14-26)37(50)36(44-25-27-19-21-29(54-4)22-20-27)40(51)47-35-30-16-11-10-15-28(30)24-33(35)49/h7-22,32-33,35-37,39,44,49-50H,23-25H2,1-6H3,(H,45,52)(H,47,51)(H2,46,48,53)/t32-,33?,35?,36+,37+,39+/m0/s1. The predicted octanol–water partition coefficient (Wildman–Crippen LogP) is 4.27. The van der Waals surface area contributed by atoms with Crippen LogP contribution in [0.2, 0.25) is 0 Å². The lowest BCUT2D eigenvalue weighted by atomic mass is 9.85. The zero-order valence-corrected chi connectivity index (χ0v) is 32.7. The second kappa shape index (κ2) is 18.8. The Bertz CT molecular complexity index is 1930. The smallest absolute Gasteiger partial charge is 0.320 e. The first-order valence-electron chi connectivity index (χ1n) is 18.6. The lowest BCUT2D eigenvalue weighted by molar-refractivity contribution is -0.131. The molecule has 4 aromatic carbocycles. The van der Waals surface area contributed by atoms with E-state index in [2.05, 4.69) is 26.6 Å². The molecule has 5 rings (SSSR count). The number of benzene rings is 4. The maximum Gasteiger partial charge on any atom is 0.320 e. The minimum atomic E-state index is -1.48. The zero-order valence-electron chi connectivity index (χ0n) is 32.7. The van der Waals surface area contributed by atoms with E-state index in [1.54, 1.807) is 37.4 Å². The van der Waals surface area contributed by atoms with Crippen molar-refractivity contribution in [2.45, 2.75) is 76.5 Å². The van der Waals surface area contributed by atoms with Gasteiger partial charge in [-0.1, -0.05) is 93.6 Å². The Morgan fingerprint density at radius 3 is 2.14 bits per heavy atom. The van der Waals surface area contributed by atoms with Crippen LogP contribution in [0.25, 0.3) is 0 Å². The van der Waals surface area contributed by atoms with Crippen molar-refractivity contribution < 1.29 is 38.8 Å². The molecule has 0 spiro atoms. The number of aliphatic hydroxyl groups is 2. The maximum atomic E-state index is 14.3. The number of urea groups is 1. The molecule has 298 valence electrons. The number of methoxy groups -OCH3 is 3. The number of aliphatic hydroxyl groups excluding tert-OH is 2. The van der Waals surface area contributed by atoms with Crippen LogP contribution in [0.3, 0.4) is 0 Å². The van der Waals surface area contributed by atoms with E-state index in [9.17, 15) is 24.6 Å². The first-order chi connectivity index (χ1) is 26.8. The monoisotopic (exact) mass is 767 g/mol. The number of anilines is 1. The molecule has 6 atom stereocenters. The Labute approximate surface area is 328 Å². The van der Waals surface area contributed by atoms with E-state index >= 15 is 0 Å². The van der Waals surface area contributed by atoms with Crippen LogP contribution in [-0.4, -0.2) is 79.7 Å². The molecule has 0 saturated heterocycles. The van der Waals surface area contributed by atoms with Gasteiger partial charge in [-0.3, -0.25) is 14.9 Å². The number of amides is 4. The van der Waals surface area contributed by atoms with Crippen LogP contribution in [0.1, 0.15) is 49.1 Å². The molecule has 56 heavy (non-hydrogen) atoms. The van der Waals surface area contributed by atoms with Crippen LogP contribution in [0, 0.1) is 5.41 Å². The zero-order chi connectivity index (χ0) is 40.4. The second-order valence-corrected chi connectivity index (χ2v) is 14.9. The fourth-order valence-corrected chi connectivity index (χ4v) is 6.90. The van der Waals surface area contributed by atoms with Gasteiger partial charge in [-0.15, -0.1) is 0 Å². The lowest BCUT2D eigenvalue weighted by Gasteiger charge is -2.35. The SMILES string of the molecule is COc1ccc(CN[C@@H](C(=O)NC2c3ccccc3CC2O)[C@H](O)[C@H](Cc2ccccc2)NC(=O)[C@@H](NC(=O)Nc2cccc(OC)c2OC)C(C)(C)C)cc1. The number of hydrogen-bond acceptors (Lipinski definition) is 9. The van der Waals surface area contributed by atoms with Gasteiger partial charge in [0.15, 0.2) is 11.5 Å². The van der Waals surface area contributed by atoms with Crippen LogP contribution in [-0.2, 0) is 29.0 Å². The summed E-state index contributed by atoms with van der Waals surface area (Å²) in [5.41, 5.74) is 2.89. The number of nitrogens with one attached hydrogen (secondary N) is 5. The average molecular weight is 768 g/mol. The number of carbonyl (C=O) groups excluding carboxylic acids is 3. The number of hydrogen-bond donors (Lipinski definition) is 7. The highest BCUT2D eigenvalue weighted by Crippen LogP contribution is 2.35. The molecule has 4 amide bonds.